The monoisotopic (exact) mass is 371 g/mol. The highest BCUT2D eigenvalue weighted by Crippen LogP contribution is 2.18. The first-order chi connectivity index (χ1) is 11.6. The molecule has 0 aliphatic rings. The Morgan fingerprint density at radius 3 is 2.04 bits per heavy atom. The maximum atomic E-state index is 12.0. The number of nitrogens with one attached hydrogen (secondary N) is 3. The Kier molecular flexibility index (Phi) is 11.6. The van der Waals surface area contributed by atoms with E-state index in [1.807, 2.05) is 27.7 Å². The molecular formula is C18H37N5OS. The molecule has 0 radical (unpaired) electrons. The fraction of sp³-hybridized carbons (Fsp3) is 0.889. The second-order valence-electron chi connectivity index (χ2n) is 7.58. The van der Waals surface area contributed by atoms with Gasteiger partial charge in [-0.05, 0) is 52.8 Å². The largest absolute Gasteiger partial charge is 0.363 e. The van der Waals surface area contributed by atoms with Gasteiger partial charge in [0, 0.05) is 25.9 Å². The lowest BCUT2D eigenvalue weighted by Gasteiger charge is -2.28. The van der Waals surface area contributed by atoms with Gasteiger partial charge in [-0.15, -0.1) is 0 Å². The maximum Gasteiger partial charge on any atom is 0.220 e. The Labute approximate surface area is 159 Å². The van der Waals surface area contributed by atoms with Crippen molar-refractivity contribution in [1.82, 2.24) is 16.0 Å². The molecule has 1 atom stereocenters. The fourth-order valence-corrected chi connectivity index (χ4v) is 2.24. The van der Waals surface area contributed by atoms with Crippen molar-refractivity contribution in [2.75, 3.05) is 13.1 Å². The quantitative estimate of drug-likeness (QED) is 0.292. The molecule has 0 saturated heterocycles. The molecule has 0 aliphatic carbocycles. The molecule has 146 valence electrons. The molecule has 7 heteroatoms. The number of hydrogen-bond donors (Lipinski definition) is 3. The molecule has 0 bridgehead atoms. The molecule has 6 nitrogen and oxygen atoms in total. The Morgan fingerprint density at radius 1 is 0.960 bits per heavy atom. The Morgan fingerprint density at radius 2 is 1.52 bits per heavy atom. The van der Waals surface area contributed by atoms with Gasteiger partial charge in [0.2, 0.25) is 5.91 Å². The predicted molar refractivity (Wildman–Crippen MR) is 109 cm³/mol. The van der Waals surface area contributed by atoms with Gasteiger partial charge in [-0.2, -0.15) is 10.2 Å². The molecule has 25 heavy (non-hydrogen) atoms. The van der Waals surface area contributed by atoms with Gasteiger partial charge in [0.15, 0.2) is 5.11 Å². The zero-order valence-electron chi connectivity index (χ0n) is 16.9. The molecule has 0 aromatic carbocycles. The second kappa shape index (κ2) is 12.2. The minimum Gasteiger partial charge on any atom is -0.363 e. The van der Waals surface area contributed by atoms with Crippen LogP contribution in [0.4, 0.5) is 0 Å². The van der Waals surface area contributed by atoms with Crippen molar-refractivity contribution in [2.24, 2.45) is 10.2 Å². The third-order valence-electron chi connectivity index (χ3n) is 3.46. The van der Waals surface area contributed by atoms with Crippen LogP contribution in [-0.4, -0.2) is 35.3 Å². The first-order valence-corrected chi connectivity index (χ1v) is 9.79. The van der Waals surface area contributed by atoms with E-state index < -0.39 is 5.66 Å². The van der Waals surface area contributed by atoms with Crippen molar-refractivity contribution in [1.29, 1.82) is 0 Å². The normalized spacial score (nSPS) is 14.2. The fourth-order valence-electron chi connectivity index (χ4n) is 1.92. The lowest BCUT2D eigenvalue weighted by Crippen LogP contribution is -2.49. The number of rotatable bonds is 11. The van der Waals surface area contributed by atoms with Gasteiger partial charge < -0.3 is 16.0 Å². The van der Waals surface area contributed by atoms with Crippen molar-refractivity contribution < 1.29 is 4.79 Å². The van der Waals surface area contributed by atoms with Crippen LogP contribution in [0.1, 0.15) is 80.1 Å². The summed E-state index contributed by atoms with van der Waals surface area (Å²) in [4.78, 5) is 12.0. The van der Waals surface area contributed by atoms with E-state index in [-0.39, 0.29) is 11.4 Å². The van der Waals surface area contributed by atoms with Crippen LogP contribution in [0, 0.1) is 0 Å². The van der Waals surface area contributed by atoms with E-state index in [2.05, 4.69) is 40.0 Å². The predicted octanol–water partition coefficient (Wildman–Crippen LogP) is 3.91. The van der Waals surface area contributed by atoms with Crippen LogP contribution in [-0.2, 0) is 4.79 Å². The zero-order valence-corrected chi connectivity index (χ0v) is 17.7. The summed E-state index contributed by atoms with van der Waals surface area (Å²) in [6, 6.07) is 0. The first-order valence-electron chi connectivity index (χ1n) is 9.38. The van der Waals surface area contributed by atoms with Crippen molar-refractivity contribution >= 4 is 23.2 Å². The standard InChI is InChI=1S/C18H37N5OS/c1-7-9-13-19-15(24)11-12-18(6,23-22-17(3,4)5)21-16(25)20-14-10-8-2/h7-14H2,1-6H3,(H,19,24)(H2,20,21,25)/b23-22+. The average molecular weight is 372 g/mol. The minimum absolute atomic E-state index is 0.0392. The van der Waals surface area contributed by atoms with Gasteiger partial charge in [0.1, 0.15) is 5.66 Å². The molecule has 0 fully saturated rings. The Balaban J connectivity index is 4.75. The summed E-state index contributed by atoms with van der Waals surface area (Å²) in [6.45, 7) is 13.7. The number of thiocarbonyl (C=S) groups is 1. The molecule has 0 saturated carbocycles. The van der Waals surface area contributed by atoms with Crippen molar-refractivity contribution in [2.45, 2.75) is 91.3 Å². The smallest absolute Gasteiger partial charge is 0.220 e. The lowest BCUT2D eigenvalue weighted by atomic mass is 10.1. The summed E-state index contributed by atoms with van der Waals surface area (Å²) in [6.07, 6.45) is 5.14. The van der Waals surface area contributed by atoms with E-state index in [0.29, 0.717) is 18.0 Å². The number of hydrogen-bond acceptors (Lipinski definition) is 4. The number of amides is 1. The van der Waals surface area contributed by atoms with E-state index in [0.717, 1.165) is 38.8 Å². The molecule has 0 aliphatic heterocycles. The number of nitrogens with zero attached hydrogens (tertiary/aromatic N) is 2. The first kappa shape index (κ1) is 23.8. The molecule has 0 heterocycles. The van der Waals surface area contributed by atoms with Crippen molar-refractivity contribution in [3.8, 4) is 0 Å². The van der Waals surface area contributed by atoms with Crippen molar-refractivity contribution in [3.63, 3.8) is 0 Å². The van der Waals surface area contributed by atoms with Crippen LogP contribution >= 0.6 is 12.2 Å². The van der Waals surface area contributed by atoms with E-state index in [4.69, 9.17) is 12.2 Å². The number of carbonyl (C=O) groups is 1. The summed E-state index contributed by atoms with van der Waals surface area (Å²) in [5, 5.41) is 18.7. The van der Waals surface area contributed by atoms with E-state index in [9.17, 15) is 4.79 Å². The van der Waals surface area contributed by atoms with E-state index in [1.165, 1.54) is 0 Å². The van der Waals surface area contributed by atoms with Crippen LogP contribution in [0.2, 0.25) is 0 Å². The summed E-state index contributed by atoms with van der Waals surface area (Å²) in [5.74, 6) is 0.0392. The summed E-state index contributed by atoms with van der Waals surface area (Å²) < 4.78 is 0. The molecule has 0 aromatic rings. The molecular weight excluding hydrogens is 334 g/mol. The average Bonchev–Trinajstić information content (AvgIpc) is 2.51. The molecule has 3 N–H and O–H groups in total. The molecule has 0 aromatic heterocycles. The molecule has 1 amide bonds. The summed E-state index contributed by atoms with van der Waals surface area (Å²) in [7, 11) is 0. The van der Waals surface area contributed by atoms with Gasteiger partial charge in [-0.25, -0.2) is 0 Å². The molecule has 0 spiro atoms. The van der Waals surface area contributed by atoms with Crippen LogP contribution in [0.3, 0.4) is 0 Å². The van der Waals surface area contributed by atoms with Gasteiger partial charge >= 0.3 is 0 Å². The Bertz CT molecular complexity index is 434. The summed E-state index contributed by atoms with van der Waals surface area (Å²) in [5.41, 5.74) is -0.977. The second-order valence-corrected chi connectivity index (χ2v) is 7.99. The van der Waals surface area contributed by atoms with Crippen LogP contribution in [0.25, 0.3) is 0 Å². The highest BCUT2D eigenvalue weighted by atomic mass is 32.1. The van der Waals surface area contributed by atoms with Crippen molar-refractivity contribution in [3.05, 3.63) is 0 Å². The topological polar surface area (TPSA) is 77.9 Å². The number of unbranched alkanes of at least 4 members (excludes halogenated alkanes) is 2. The van der Waals surface area contributed by atoms with E-state index in [1.54, 1.807) is 0 Å². The SMILES string of the molecule is CCCCNC(=O)CCC(C)(/N=N/C(C)(C)C)NC(=S)NCCCC. The lowest BCUT2D eigenvalue weighted by molar-refractivity contribution is -0.121. The highest BCUT2D eigenvalue weighted by Gasteiger charge is 2.26. The van der Waals surface area contributed by atoms with Crippen LogP contribution in [0.15, 0.2) is 10.2 Å². The third kappa shape index (κ3) is 13.7. The molecule has 0 rings (SSSR count). The van der Waals surface area contributed by atoms with Gasteiger partial charge in [-0.1, -0.05) is 26.7 Å². The van der Waals surface area contributed by atoms with E-state index >= 15 is 0 Å². The maximum absolute atomic E-state index is 12.0. The number of azo groups is 1. The number of carbonyl (C=O) groups excluding carboxylic acids is 1. The molecule has 1 unspecified atom stereocenters. The van der Waals surface area contributed by atoms with Gasteiger partial charge in [0.05, 0.1) is 5.54 Å². The van der Waals surface area contributed by atoms with Crippen LogP contribution in [0.5, 0.6) is 0 Å². The van der Waals surface area contributed by atoms with Crippen LogP contribution < -0.4 is 16.0 Å². The van der Waals surface area contributed by atoms with Gasteiger partial charge in [-0.3, -0.25) is 4.79 Å². The Hall–Kier alpha value is -1.24. The zero-order chi connectivity index (χ0) is 19.3. The minimum atomic E-state index is -0.703. The summed E-state index contributed by atoms with van der Waals surface area (Å²) >= 11 is 5.36. The third-order valence-corrected chi connectivity index (χ3v) is 3.71. The van der Waals surface area contributed by atoms with Gasteiger partial charge in [0.25, 0.3) is 0 Å². The highest BCUT2D eigenvalue weighted by molar-refractivity contribution is 7.80.